The molecular weight excluding hydrogens is 341 g/mol. The van der Waals surface area contributed by atoms with Crippen LogP contribution in [0.5, 0.6) is 0 Å². The fraction of sp³-hybridized carbons (Fsp3) is 0.429. The minimum absolute atomic E-state index is 0.0535. The maximum atomic E-state index is 12.7. The van der Waals surface area contributed by atoms with E-state index in [1.54, 1.807) is 6.07 Å². The molecule has 1 fully saturated rings. The first kappa shape index (κ1) is 17.1. The Morgan fingerprint density at radius 1 is 1.44 bits per heavy atom. The maximum Gasteiger partial charge on any atom is 0.435 e. The van der Waals surface area contributed by atoms with Gasteiger partial charge < -0.3 is 15.4 Å². The van der Waals surface area contributed by atoms with Gasteiger partial charge >= 0.3 is 6.18 Å². The molecule has 3 rings (SSSR count). The van der Waals surface area contributed by atoms with E-state index >= 15 is 0 Å². The topological polar surface area (TPSA) is 110 Å². The van der Waals surface area contributed by atoms with Gasteiger partial charge in [0.05, 0.1) is 25.5 Å². The van der Waals surface area contributed by atoms with Crippen molar-refractivity contribution in [3.63, 3.8) is 0 Å². The van der Waals surface area contributed by atoms with E-state index in [0.717, 1.165) is 0 Å². The van der Waals surface area contributed by atoms with E-state index in [2.05, 4.69) is 20.2 Å². The summed E-state index contributed by atoms with van der Waals surface area (Å²) in [6.45, 7) is 1.39. The summed E-state index contributed by atoms with van der Waals surface area (Å²) in [7, 11) is 0. The number of carbonyl (C=O) groups excluding carboxylic acids is 1. The Kier molecular flexibility index (Phi) is 4.57. The van der Waals surface area contributed by atoms with Crippen molar-refractivity contribution in [1.29, 1.82) is 0 Å². The molecule has 1 aliphatic rings. The summed E-state index contributed by atoms with van der Waals surface area (Å²) in [4.78, 5) is 21.8. The van der Waals surface area contributed by atoms with Gasteiger partial charge in [0.2, 0.25) is 5.95 Å². The first-order valence-electron chi connectivity index (χ1n) is 7.40. The zero-order chi connectivity index (χ0) is 18.0. The fourth-order valence-corrected chi connectivity index (χ4v) is 2.36. The summed E-state index contributed by atoms with van der Waals surface area (Å²) < 4.78 is 43.1. The van der Waals surface area contributed by atoms with Crippen LogP contribution in [0.1, 0.15) is 21.9 Å². The number of nitrogens with one attached hydrogen (secondary N) is 1. The second-order valence-corrected chi connectivity index (χ2v) is 5.66. The number of rotatable bonds is 5. The Morgan fingerprint density at radius 3 is 2.76 bits per heavy atom. The van der Waals surface area contributed by atoms with Gasteiger partial charge in [-0.05, 0) is 6.07 Å². The van der Waals surface area contributed by atoms with Gasteiger partial charge in [-0.25, -0.2) is 9.97 Å². The van der Waals surface area contributed by atoms with Gasteiger partial charge in [-0.3, -0.25) is 9.89 Å². The third kappa shape index (κ3) is 4.05. The van der Waals surface area contributed by atoms with Crippen LogP contribution in [0.15, 0.2) is 18.3 Å². The normalized spacial score (nSPS) is 15.0. The van der Waals surface area contributed by atoms with Crippen LogP contribution in [0.3, 0.4) is 0 Å². The molecule has 1 amide bonds. The Hall–Kier alpha value is -2.69. The number of nitrogen functional groups attached to an aromatic ring is 1. The Bertz CT molecular complexity index is 759. The van der Waals surface area contributed by atoms with Crippen molar-refractivity contribution in [2.24, 2.45) is 5.92 Å². The van der Waals surface area contributed by atoms with Crippen molar-refractivity contribution in [2.45, 2.75) is 12.7 Å². The van der Waals surface area contributed by atoms with Crippen molar-refractivity contribution in [3.05, 3.63) is 35.4 Å². The summed E-state index contributed by atoms with van der Waals surface area (Å²) in [5, 5.41) is 5.31. The second kappa shape index (κ2) is 6.67. The molecule has 11 heteroatoms. The lowest BCUT2D eigenvalue weighted by molar-refractivity contribution is -0.141. The molecule has 0 aliphatic carbocycles. The van der Waals surface area contributed by atoms with Crippen molar-refractivity contribution < 1.29 is 22.7 Å². The van der Waals surface area contributed by atoms with Crippen LogP contribution >= 0.6 is 0 Å². The predicted octanol–water partition coefficient (Wildman–Crippen LogP) is 1.09. The van der Waals surface area contributed by atoms with Gasteiger partial charge in [0.25, 0.3) is 5.91 Å². The Balaban J connectivity index is 1.80. The molecule has 1 aliphatic heterocycles. The highest BCUT2D eigenvalue weighted by Gasteiger charge is 2.35. The predicted molar refractivity (Wildman–Crippen MR) is 79.1 cm³/mol. The van der Waals surface area contributed by atoms with Crippen LogP contribution in [0.2, 0.25) is 0 Å². The zero-order valence-electron chi connectivity index (χ0n) is 13.0. The van der Waals surface area contributed by atoms with Gasteiger partial charge in [-0.2, -0.15) is 18.3 Å². The van der Waals surface area contributed by atoms with Crippen molar-refractivity contribution in [2.75, 3.05) is 25.5 Å². The van der Waals surface area contributed by atoms with E-state index in [4.69, 9.17) is 10.5 Å². The van der Waals surface area contributed by atoms with E-state index < -0.39 is 17.8 Å². The van der Waals surface area contributed by atoms with E-state index in [0.29, 0.717) is 31.5 Å². The van der Waals surface area contributed by atoms with Crippen LogP contribution in [0, 0.1) is 5.92 Å². The lowest BCUT2D eigenvalue weighted by atomic mass is 10.1. The number of nitrogens with zero attached hydrogens (tertiary/aromatic N) is 4. The number of amides is 1. The van der Waals surface area contributed by atoms with Gasteiger partial charge in [0.15, 0.2) is 5.69 Å². The average Bonchev–Trinajstić information content (AvgIpc) is 2.99. The molecule has 3 heterocycles. The number of aromatic nitrogens is 4. The number of aromatic amines is 1. The molecule has 8 nitrogen and oxygen atoms in total. The quantitative estimate of drug-likeness (QED) is 0.830. The standard InChI is InChI=1S/C14H15F3N6O2/c15-14(16,17)11-3-10(21-22-11)12(24)23(4-8-6-25-7-8)5-9-1-2-19-13(18)20-9/h1-3,8H,4-7H2,(H,21,22)(H2,18,19,20). The zero-order valence-corrected chi connectivity index (χ0v) is 13.0. The van der Waals surface area contributed by atoms with Crippen LogP contribution in [-0.2, 0) is 17.5 Å². The molecule has 3 N–H and O–H groups in total. The maximum absolute atomic E-state index is 12.7. The number of hydrogen-bond donors (Lipinski definition) is 2. The highest BCUT2D eigenvalue weighted by Crippen LogP contribution is 2.28. The lowest BCUT2D eigenvalue weighted by Gasteiger charge is -2.32. The Morgan fingerprint density at radius 2 is 2.20 bits per heavy atom. The van der Waals surface area contributed by atoms with E-state index in [1.807, 2.05) is 0 Å². The first-order valence-corrected chi connectivity index (χ1v) is 7.40. The molecule has 0 radical (unpaired) electrons. The molecule has 2 aromatic rings. The lowest BCUT2D eigenvalue weighted by Crippen LogP contribution is -2.42. The number of alkyl halides is 3. The number of carbonyl (C=O) groups is 1. The van der Waals surface area contributed by atoms with Crippen LogP contribution in [-0.4, -0.2) is 50.7 Å². The SMILES string of the molecule is Nc1nccc(CN(CC2COC2)C(=O)c2cc(C(F)(F)F)n[nH]2)n1. The summed E-state index contributed by atoms with van der Waals surface area (Å²) in [6.07, 6.45) is -3.17. The number of halogens is 3. The molecule has 0 atom stereocenters. The molecule has 2 aromatic heterocycles. The van der Waals surface area contributed by atoms with Gasteiger partial charge in [0, 0.05) is 24.7 Å². The van der Waals surface area contributed by atoms with Crippen molar-refractivity contribution >= 4 is 11.9 Å². The summed E-state index contributed by atoms with van der Waals surface area (Å²) in [5.74, 6) is -0.432. The van der Waals surface area contributed by atoms with Crippen LogP contribution < -0.4 is 5.73 Å². The number of H-pyrrole nitrogens is 1. The highest BCUT2D eigenvalue weighted by molar-refractivity contribution is 5.92. The van der Waals surface area contributed by atoms with Gasteiger partial charge in [-0.15, -0.1) is 0 Å². The largest absolute Gasteiger partial charge is 0.435 e. The summed E-state index contributed by atoms with van der Waals surface area (Å²) in [6, 6.07) is 2.28. The molecule has 0 spiro atoms. The van der Waals surface area contributed by atoms with E-state index in [1.165, 1.54) is 11.1 Å². The minimum atomic E-state index is -4.62. The number of hydrogen-bond acceptors (Lipinski definition) is 6. The molecule has 25 heavy (non-hydrogen) atoms. The first-order chi connectivity index (χ1) is 11.8. The molecule has 0 aromatic carbocycles. The number of nitrogens with two attached hydrogens (primary N) is 1. The van der Waals surface area contributed by atoms with Gasteiger partial charge in [-0.1, -0.05) is 0 Å². The molecule has 0 bridgehead atoms. The van der Waals surface area contributed by atoms with Crippen molar-refractivity contribution in [3.8, 4) is 0 Å². The molecular formula is C14H15F3N6O2. The van der Waals surface area contributed by atoms with Crippen LogP contribution in [0.4, 0.5) is 19.1 Å². The minimum Gasteiger partial charge on any atom is -0.381 e. The summed E-state index contributed by atoms with van der Waals surface area (Å²) in [5.41, 5.74) is 4.62. The number of anilines is 1. The fourth-order valence-electron chi connectivity index (χ4n) is 2.36. The van der Waals surface area contributed by atoms with Crippen LogP contribution in [0.25, 0.3) is 0 Å². The third-order valence-electron chi connectivity index (χ3n) is 3.66. The third-order valence-corrected chi connectivity index (χ3v) is 3.66. The highest BCUT2D eigenvalue weighted by atomic mass is 19.4. The molecule has 0 saturated carbocycles. The second-order valence-electron chi connectivity index (χ2n) is 5.66. The molecule has 134 valence electrons. The van der Waals surface area contributed by atoms with E-state index in [9.17, 15) is 18.0 Å². The molecule has 0 unspecified atom stereocenters. The Labute approximate surface area is 140 Å². The monoisotopic (exact) mass is 356 g/mol. The number of ether oxygens (including phenoxy) is 1. The summed E-state index contributed by atoms with van der Waals surface area (Å²) >= 11 is 0. The van der Waals surface area contributed by atoms with Gasteiger partial charge in [0.1, 0.15) is 5.69 Å². The molecule has 1 saturated heterocycles. The average molecular weight is 356 g/mol. The van der Waals surface area contributed by atoms with E-state index in [-0.39, 0.29) is 24.1 Å². The van der Waals surface area contributed by atoms with Crippen molar-refractivity contribution in [1.82, 2.24) is 25.1 Å². The smallest absolute Gasteiger partial charge is 0.381 e.